The second kappa shape index (κ2) is 6.62. The molecule has 88 valence electrons. The van der Waals surface area contributed by atoms with Crippen molar-refractivity contribution < 1.29 is 19.4 Å². The average Bonchev–Trinajstić information content (AvgIpc) is 2.25. The van der Waals surface area contributed by atoms with Gasteiger partial charge in [0.05, 0.1) is 7.11 Å². The number of aliphatic carboxylic acids is 1. The molecule has 0 radical (unpaired) electrons. The first kappa shape index (κ1) is 14.2. The highest BCUT2D eigenvalue weighted by Gasteiger charge is 2.13. The molecular formula is C9H11ClN2O4. The summed E-state index contributed by atoms with van der Waals surface area (Å²) in [6, 6.07) is 3.19. The number of amides is 1. The van der Waals surface area contributed by atoms with Gasteiger partial charge < -0.3 is 15.2 Å². The summed E-state index contributed by atoms with van der Waals surface area (Å²) in [5, 5.41) is 10.6. The standard InChI is InChI=1S/C9H10N2O4.ClH/c1-15-6-3-2-4-10-8(6)9(14)11-5-7(12)13;/h2-4H,5H2,1H3,(H,11,14)(H,12,13);1H. The fourth-order valence-corrected chi connectivity index (χ4v) is 0.965. The van der Waals surface area contributed by atoms with Crippen LogP contribution in [-0.2, 0) is 4.79 Å². The summed E-state index contributed by atoms with van der Waals surface area (Å²) < 4.78 is 4.90. The van der Waals surface area contributed by atoms with Crippen LogP contribution >= 0.6 is 12.4 Å². The Balaban J connectivity index is 0.00000225. The number of aromatic nitrogens is 1. The van der Waals surface area contributed by atoms with Crippen LogP contribution in [0.1, 0.15) is 10.5 Å². The number of hydrogen-bond acceptors (Lipinski definition) is 4. The third kappa shape index (κ3) is 3.74. The molecule has 2 N–H and O–H groups in total. The maximum absolute atomic E-state index is 11.4. The van der Waals surface area contributed by atoms with E-state index in [9.17, 15) is 9.59 Å². The first-order valence-electron chi connectivity index (χ1n) is 4.14. The molecule has 6 nitrogen and oxygen atoms in total. The molecule has 1 amide bonds. The number of halogens is 1. The zero-order chi connectivity index (χ0) is 11.3. The van der Waals surface area contributed by atoms with Gasteiger partial charge in [-0.25, -0.2) is 4.98 Å². The maximum atomic E-state index is 11.4. The van der Waals surface area contributed by atoms with Gasteiger partial charge in [0.1, 0.15) is 12.3 Å². The summed E-state index contributed by atoms with van der Waals surface area (Å²) >= 11 is 0. The summed E-state index contributed by atoms with van der Waals surface area (Å²) in [5.41, 5.74) is 0.0706. The van der Waals surface area contributed by atoms with Gasteiger partial charge in [-0.05, 0) is 12.1 Å². The summed E-state index contributed by atoms with van der Waals surface area (Å²) in [4.78, 5) is 25.4. The summed E-state index contributed by atoms with van der Waals surface area (Å²) in [6.45, 7) is -0.446. The molecule has 0 aromatic carbocycles. The normalized spacial score (nSPS) is 8.81. The van der Waals surface area contributed by atoms with Gasteiger partial charge in [-0.2, -0.15) is 0 Å². The highest BCUT2D eigenvalue weighted by atomic mass is 35.5. The van der Waals surface area contributed by atoms with Crippen molar-refractivity contribution >= 4 is 24.3 Å². The number of rotatable bonds is 4. The number of carbonyl (C=O) groups is 2. The lowest BCUT2D eigenvalue weighted by Gasteiger charge is -2.05. The molecule has 0 aliphatic heterocycles. The molecule has 1 aromatic rings. The molecule has 16 heavy (non-hydrogen) atoms. The van der Waals surface area contributed by atoms with Crippen LogP contribution in [0.2, 0.25) is 0 Å². The van der Waals surface area contributed by atoms with Crippen LogP contribution < -0.4 is 10.1 Å². The molecule has 1 heterocycles. The lowest BCUT2D eigenvalue weighted by Crippen LogP contribution is -2.30. The minimum Gasteiger partial charge on any atom is -0.494 e. The van der Waals surface area contributed by atoms with Crippen molar-refractivity contribution in [3.63, 3.8) is 0 Å². The molecule has 0 saturated carbocycles. The summed E-state index contributed by atoms with van der Waals surface area (Å²) in [6.07, 6.45) is 1.43. The molecule has 0 unspecified atom stereocenters. The van der Waals surface area contributed by atoms with Crippen LogP contribution in [0.15, 0.2) is 18.3 Å². The van der Waals surface area contributed by atoms with E-state index in [1.807, 2.05) is 0 Å². The van der Waals surface area contributed by atoms with E-state index >= 15 is 0 Å². The zero-order valence-corrected chi connectivity index (χ0v) is 9.28. The Hall–Kier alpha value is -1.82. The van der Waals surface area contributed by atoms with Crippen molar-refractivity contribution in [2.24, 2.45) is 0 Å². The van der Waals surface area contributed by atoms with Gasteiger partial charge in [0.2, 0.25) is 0 Å². The van der Waals surface area contributed by atoms with Crippen molar-refractivity contribution in [1.82, 2.24) is 10.3 Å². The van der Waals surface area contributed by atoms with Gasteiger partial charge in [0.25, 0.3) is 5.91 Å². The molecule has 0 spiro atoms. The van der Waals surface area contributed by atoms with Gasteiger partial charge in [-0.3, -0.25) is 9.59 Å². The second-order valence-electron chi connectivity index (χ2n) is 2.63. The first-order valence-corrected chi connectivity index (χ1v) is 4.14. The molecule has 0 fully saturated rings. The van der Waals surface area contributed by atoms with Gasteiger partial charge >= 0.3 is 5.97 Å². The minimum atomic E-state index is -1.11. The van der Waals surface area contributed by atoms with Crippen molar-refractivity contribution in [3.8, 4) is 5.75 Å². The van der Waals surface area contributed by atoms with Crippen LogP contribution in [-0.4, -0.2) is 35.6 Å². The fraction of sp³-hybridized carbons (Fsp3) is 0.222. The SMILES string of the molecule is COc1cccnc1C(=O)NCC(=O)O.Cl. The van der Waals surface area contributed by atoms with Crippen LogP contribution in [0.25, 0.3) is 0 Å². The van der Waals surface area contributed by atoms with Crippen LogP contribution in [0.4, 0.5) is 0 Å². The second-order valence-corrected chi connectivity index (χ2v) is 2.63. The average molecular weight is 247 g/mol. The van der Waals surface area contributed by atoms with E-state index in [0.29, 0.717) is 5.75 Å². The van der Waals surface area contributed by atoms with Gasteiger partial charge in [0.15, 0.2) is 5.69 Å². The van der Waals surface area contributed by atoms with Crippen LogP contribution in [0, 0.1) is 0 Å². The van der Waals surface area contributed by atoms with Crippen molar-refractivity contribution in [2.45, 2.75) is 0 Å². The van der Waals surface area contributed by atoms with Crippen molar-refractivity contribution in [1.29, 1.82) is 0 Å². The number of nitrogens with zero attached hydrogens (tertiary/aromatic N) is 1. The van der Waals surface area contributed by atoms with Crippen LogP contribution in [0.5, 0.6) is 5.75 Å². The smallest absolute Gasteiger partial charge is 0.322 e. The predicted molar refractivity (Wildman–Crippen MR) is 58.0 cm³/mol. The molecule has 0 saturated heterocycles. The quantitative estimate of drug-likeness (QED) is 0.799. The Morgan fingerprint density at radius 2 is 2.25 bits per heavy atom. The molecule has 0 atom stereocenters. The van der Waals surface area contributed by atoms with Gasteiger partial charge in [-0.1, -0.05) is 0 Å². The van der Waals surface area contributed by atoms with E-state index in [4.69, 9.17) is 9.84 Å². The largest absolute Gasteiger partial charge is 0.494 e. The molecule has 0 aliphatic rings. The predicted octanol–water partition coefficient (Wildman–Crippen LogP) is 0.326. The van der Waals surface area contributed by atoms with E-state index in [-0.39, 0.29) is 18.1 Å². The fourth-order valence-electron chi connectivity index (χ4n) is 0.965. The number of ether oxygens (including phenoxy) is 1. The molecule has 0 bridgehead atoms. The third-order valence-electron chi connectivity index (χ3n) is 1.61. The van der Waals surface area contributed by atoms with Crippen molar-refractivity contribution in [2.75, 3.05) is 13.7 Å². The number of methoxy groups -OCH3 is 1. The Morgan fingerprint density at radius 3 is 2.81 bits per heavy atom. The number of hydrogen-bond donors (Lipinski definition) is 2. The third-order valence-corrected chi connectivity index (χ3v) is 1.61. The number of nitrogens with one attached hydrogen (secondary N) is 1. The highest BCUT2D eigenvalue weighted by Crippen LogP contribution is 2.13. The minimum absolute atomic E-state index is 0. The number of pyridine rings is 1. The van der Waals surface area contributed by atoms with E-state index in [0.717, 1.165) is 0 Å². The molecule has 0 aliphatic carbocycles. The number of carboxylic acids is 1. The Bertz CT molecular complexity index is 384. The Kier molecular flexibility index (Phi) is 5.87. The Morgan fingerprint density at radius 1 is 1.56 bits per heavy atom. The van der Waals surface area contributed by atoms with E-state index < -0.39 is 18.4 Å². The molecular weight excluding hydrogens is 236 g/mol. The van der Waals surface area contributed by atoms with Gasteiger partial charge in [-0.15, -0.1) is 12.4 Å². The van der Waals surface area contributed by atoms with E-state index in [1.54, 1.807) is 12.1 Å². The Labute approximate surface area is 98.0 Å². The lowest BCUT2D eigenvalue weighted by atomic mass is 10.3. The van der Waals surface area contributed by atoms with Crippen molar-refractivity contribution in [3.05, 3.63) is 24.0 Å². The highest BCUT2D eigenvalue weighted by molar-refractivity contribution is 5.96. The number of carbonyl (C=O) groups excluding carboxylic acids is 1. The van der Waals surface area contributed by atoms with Gasteiger partial charge in [0, 0.05) is 6.20 Å². The summed E-state index contributed by atoms with van der Waals surface area (Å²) in [5.74, 6) is -1.38. The first-order chi connectivity index (χ1) is 7.15. The van der Waals surface area contributed by atoms with E-state index in [1.165, 1.54) is 13.3 Å². The molecule has 7 heteroatoms. The summed E-state index contributed by atoms with van der Waals surface area (Å²) in [7, 11) is 1.41. The monoisotopic (exact) mass is 246 g/mol. The molecule has 1 rings (SSSR count). The number of carboxylic acid groups (broad SMARTS) is 1. The maximum Gasteiger partial charge on any atom is 0.322 e. The topological polar surface area (TPSA) is 88.5 Å². The zero-order valence-electron chi connectivity index (χ0n) is 8.47. The molecule has 1 aromatic heterocycles. The lowest BCUT2D eigenvalue weighted by molar-refractivity contribution is -0.135. The van der Waals surface area contributed by atoms with Crippen LogP contribution in [0.3, 0.4) is 0 Å². The van der Waals surface area contributed by atoms with E-state index in [2.05, 4.69) is 10.3 Å².